The molecule has 0 unspecified atom stereocenters. The fraction of sp³-hybridized carbons (Fsp3) is 0.875. The van der Waals surface area contributed by atoms with Crippen molar-refractivity contribution in [2.24, 2.45) is 5.41 Å². The van der Waals surface area contributed by atoms with Gasteiger partial charge in [0.2, 0.25) is 0 Å². The van der Waals surface area contributed by atoms with Crippen LogP contribution in [0.25, 0.3) is 0 Å². The van der Waals surface area contributed by atoms with E-state index < -0.39 is 11.5 Å². The summed E-state index contributed by atoms with van der Waals surface area (Å²) in [7, 11) is 0. The third kappa shape index (κ3) is 1.57. The number of ketones is 1. The van der Waals surface area contributed by atoms with Gasteiger partial charge in [-0.1, -0.05) is 13.8 Å². The van der Waals surface area contributed by atoms with Crippen LogP contribution in [-0.4, -0.2) is 17.0 Å². The largest absolute Gasteiger partial charge is 0.392 e. The van der Waals surface area contributed by atoms with Crippen molar-refractivity contribution in [2.75, 3.05) is 0 Å². The summed E-state index contributed by atoms with van der Waals surface area (Å²) in [5, 5.41) is 9.22. The van der Waals surface area contributed by atoms with Gasteiger partial charge in [-0.25, -0.2) is 0 Å². The number of carbonyl (C=O) groups is 1. The molecule has 2 nitrogen and oxygen atoms in total. The maximum absolute atomic E-state index is 11.0. The van der Waals surface area contributed by atoms with Crippen LogP contribution in [0.5, 0.6) is 0 Å². The van der Waals surface area contributed by atoms with Gasteiger partial charge in [0, 0.05) is 0 Å². The van der Waals surface area contributed by atoms with Crippen LogP contribution in [0.1, 0.15) is 34.1 Å². The predicted octanol–water partition coefficient (Wildman–Crippen LogP) is 1.37. The molecule has 0 aromatic carbocycles. The van der Waals surface area contributed by atoms with Crippen LogP contribution in [0.2, 0.25) is 0 Å². The first-order chi connectivity index (χ1) is 4.45. The summed E-state index contributed by atoms with van der Waals surface area (Å²) in [5.41, 5.74) is -0.542. The highest BCUT2D eigenvalue weighted by Gasteiger charge is 2.32. The highest BCUT2D eigenvalue weighted by Crippen LogP contribution is 2.26. The van der Waals surface area contributed by atoms with E-state index in [0.29, 0.717) is 6.42 Å². The summed E-state index contributed by atoms with van der Waals surface area (Å²) in [6.45, 7) is 6.88. The standard InChI is InChI=1S/C8H16O2/c1-5-8(4,6(2)9)7(3)10/h6,9H,5H2,1-4H3/t6-,8+/m1/s1. The lowest BCUT2D eigenvalue weighted by molar-refractivity contribution is -0.131. The Balaban J connectivity index is 4.38. The minimum Gasteiger partial charge on any atom is -0.392 e. The molecule has 0 aromatic rings. The van der Waals surface area contributed by atoms with E-state index in [1.54, 1.807) is 13.8 Å². The molecule has 2 atom stereocenters. The lowest BCUT2D eigenvalue weighted by atomic mass is 9.79. The Morgan fingerprint density at radius 3 is 2.10 bits per heavy atom. The number of rotatable bonds is 3. The molecular formula is C8H16O2. The minimum atomic E-state index is -0.546. The maximum atomic E-state index is 11.0. The van der Waals surface area contributed by atoms with Gasteiger partial charge in [-0.15, -0.1) is 0 Å². The van der Waals surface area contributed by atoms with Gasteiger partial charge in [-0.3, -0.25) is 4.79 Å². The average Bonchev–Trinajstić information content (AvgIpc) is 1.85. The van der Waals surface area contributed by atoms with Crippen LogP contribution >= 0.6 is 0 Å². The van der Waals surface area contributed by atoms with E-state index in [2.05, 4.69) is 0 Å². The van der Waals surface area contributed by atoms with Gasteiger partial charge in [-0.05, 0) is 20.3 Å². The van der Waals surface area contributed by atoms with Crippen molar-refractivity contribution in [3.05, 3.63) is 0 Å². The first-order valence-corrected chi connectivity index (χ1v) is 3.64. The van der Waals surface area contributed by atoms with Gasteiger partial charge in [0.05, 0.1) is 11.5 Å². The zero-order chi connectivity index (χ0) is 8.36. The van der Waals surface area contributed by atoms with Crippen molar-refractivity contribution >= 4 is 5.78 Å². The van der Waals surface area contributed by atoms with Gasteiger partial charge in [0.25, 0.3) is 0 Å². The zero-order valence-electron chi connectivity index (χ0n) is 7.14. The Kier molecular flexibility index (Phi) is 3.03. The molecule has 0 aliphatic carbocycles. The minimum absolute atomic E-state index is 0.0602. The second kappa shape index (κ2) is 3.15. The third-order valence-corrected chi connectivity index (χ3v) is 2.46. The molecule has 0 rings (SSSR count). The number of aliphatic hydroxyl groups is 1. The number of Topliss-reactive ketones (excluding diaryl/α,β-unsaturated/α-hetero) is 1. The molecule has 0 radical (unpaired) electrons. The van der Waals surface area contributed by atoms with E-state index in [9.17, 15) is 9.90 Å². The Bertz CT molecular complexity index is 129. The molecule has 60 valence electrons. The number of hydrogen-bond acceptors (Lipinski definition) is 2. The fourth-order valence-electron chi connectivity index (χ4n) is 0.839. The second-order valence-corrected chi connectivity index (χ2v) is 3.00. The molecule has 0 fully saturated rings. The van der Waals surface area contributed by atoms with Gasteiger partial charge >= 0.3 is 0 Å². The summed E-state index contributed by atoms with van der Waals surface area (Å²) < 4.78 is 0. The van der Waals surface area contributed by atoms with E-state index in [1.807, 2.05) is 6.92 Å². The Morgan fingerprint density at radius 2 is 2.10 bits per heavy atom. The van der Waals surface area contributed by atoms with E-state index in [-0.39, 0.29) is 5.78 Å². The molecule has 0 aromatic heterocycles. The lowest BCUT2D eigenvalue weighted by Crippen LogP contribution is -2.35. The van der Waals surface area contributed by atoms with Crippen molar-refractivity contribution in [3.8, 4) is 0 Å². The van der Waals surface area contributed by atoms with Crippen LogP contribution < -0.4 is 0 Å². The summed E-state index contributed by atoms with van der Waals surface area (Å²) in [6.07, 6.45) is 0.148. The molecule has 2 heteroatoms. The fourth-order valence-corrected chi connectivity index (χ4v) is 0.839. The Morgan fingerprint density at radius 1 is 1.70 bits per heavy atom. The first kappa shape index (κ1) is 9.63. The number of carbonyl (C=O) groups excluding carboxylic acids is 1. The van der Waals surface area contributed by atoms with E-state index in [1.165, 1.54) is 6.92 Å². The lowest BCUT2D eigenvalue weighted by Gasteiger charge is -2.27. The SMILES string of the molecule is CC[C@](C)(C(C)=O)[C@@H](C)O. The molecule has 0 heterocycles. The smallest absolute Gasteiger partial charge is 0.138 e. The molecule has 1 N–H and O–H groups in total. The predicted molar refractivity (Wildman–Crippen MR) is 40.8 cm³/mol. The van der Waals surface area contributed by atoms with Gasteiger partial charge in [-0.2, -0.15) is 0 Å². The van der Waals surface area contributed by atoms with E-state index in [4.69, 9.17) is 0 Å². The topological polar surface area (TPSA) is 37.3 Å². The third-order valence-electron chi connectivity index (χ3n) is 2.46. The maximum Gasteiger partial charge on any atom is 0.138 e. The number of hydrogen-bond donors (Lipinski definition) is 1. The van der Waals surface area contributed by atoms with Crippen LogP contribution in [0.4, 0.5) is 0 Å². The first-order valence-electron chi connectivity index (χ1n) is 3.64. The average molecular weight is 144 g/mol. The van der Waals surface area contributed by atoms with Crippen molar-refractivity contribution in [3.63, 3.8) is 0 Å². The number of aliphatic hydroxyl groups excluding tert-OH is 1. The molecule has 0 saturated carbocycles. The van der Waals surface area contributed by atoms with Crippen LogP contribution in [0.15, 0.2) is 0 Å². The molecule has 10 heavy (non-hydrogen) atoms. The quantitative estimate of drug-likeness (QED) is 0.649. The second-order valence-electron chi connectivity index (χ2n) is 3.00. The van der Waals surface area contributed by atoms with Gasteiger partial charge in [0.15, 0.2) is 0 Å². The molecule has 0 aliphatic rings. The Hall–Kier alpha value is -0.370. The van der Waals surface area contributed by atoms with Crippen LogP contribution in [0.3, 0.4) is 0 Å². The molecular weight excluding hydrogens is 128 g/mol. The summed E-state index contributed by atoms with van der Waals surface area (Å²) in [5.74, 6) is 0.0602. The highest BCUT2D eigenvalue weighted by atomic mass is 16.3. The van der Waals surface area contributed by atoms with E-state index in [0.717, 1.165) is 0 Å². The van der Waals surface area contributed by atoms with E-state index >= 15 is 0 Å². The van der Waals surface area contributed by atoms with Gasteiger partial charge < -0.3 is 5.11 Å². The summed E-state index contributed by atoms with van der Waals surface area (Å²) in [4.78, 5) is 11.0. The van der Waals surface area contributed by atoms with Crippen molar-refractivity contribution < 1.29 is 9.90 Å². The summed E-state index contributed by atoms with van der Waals surface area (Å²) >= 11 is 0. The van der Waals surface area contributed by atoms with Crippen molar-refractivity contribution in [1.82, 2.24) is 0 Å². The van der Waals surface area contributed by atoms with Crippen molar-refractivity contribution in [1.29, 1.82) is 0 Å². The van der Waals surface area contributed by atoms with Gasteiger partial charge in [0.1, 0.15) is 5.78 Å². The molecule has 0 saturated heterocycles. The monoisotopic (exact) mass is 144 g/mol. The van der Waals surface area contributed by atoms with Crippen molar-refractivity contribution in [2.45, 2.75) is 40.2 Å². The Labute approximate surface area is 62.2 Å². The van der Waals surface area contributed by atoms with Crippen LogP contribution in [0, 0.1) is 5.41 Å². The molecule has 0 spiro atoms. The highest BCUT2D eigenvalue weighted by molar-refractivity contribution is 5.82. The normalized spacial score (nSPS) is 19.7. The molecule has 0 aliphatic heterocycles. The molecule has 0 bridgehead atoms. The zero-order valence-corrected chi connectivity index (χ0v) is 7.14. The molecule has 0 amide bonds. The van der Waals surface area contributed by atoms with Crippen LogP contribution in [-0.2, 0) is 4.79 Å². The summed E-state index contributed by atoms with van der Waals surface area (Å²) in [6, 6.07) is 0.